The van der Waals surface area contributed by atoms with Crippen LogP contribution < -0.4 is 10.1 Å². The first-order valence-corrected chi connectivity index (χ1v) is 6.97. The molecular formula is C13H16FN3OS. The van der Waals surface area contributed by atoms with Gasteiger partial charge in [0, 0.05) is 6.54 Å². The number of rotatable bonds is 6. The van der Waals surface area contributed by atoms with E-state index in [9.17, 15) is 4.39 Å². The van der Waals surface area contributed by atoms with E-state index in [1.165, 1.54) is 17.4 Å². The van der Waals surface area contributed by atoms with Crippen LogP contribution in [0.1, 0.15) is 23.9 Å². The zero-order valence-electron chi connectivity index (χ0n) is 10.9. The lowest BCUT2D eigenvalue weighted by atomic mass is 10.2. The molecule has 0 unspecified atom stereocenters. The number of aryl methyl sites for hydroxylation is 1. The average Bonchev–Trinajstić information content (AvgIpc) is 2.82. The number of halogens is 1. The number of aromatic nitrogens is 2. The largest absolute Gasteiger partial charge is 0.430 e. The summed E-state index contributed by atoms with van der Waals surface area (Å²) in [4.78, 5) is 0. The van der Waals surface area contributed by atoms with E-state index in [4.69, 9.17) is 4.74 Å². The average molecular weight is 281 g/mol. The van der Waals surface area contributed by atoms with Gasteiger partial charge in [0.25, 0.3) is 5.19 Å². The summed E-state index contributed by atoms with van der Waals surface area (Å²) in [6.07, 6.45) is 1.08. The van der Waals surface area contributed by atoms with Gasteiger partial charge in [-0.2, -0.15) is 0 Å². The van der Waals surface area contributed by atoms with Crippen LogP contribution in [0.3, 0.4) is 0 Å². The molecule has 1 aromatic heterocycles. The van der Waals surface area contributed by atoms with Gasteiger partial charge in [0.2, 0.25) is 0 Å². The van der Waals surface area contributed by atoms with Gasteiger partial charge < -0.3 is 10.1 Å². The second-order valence-corrected chi connectivity index (χ2v) is 5.18. The Morgan fingerprint density at radius 1 is 1.37 bits per heavy atom. The monoisotopic (exact) mass is 281 g/mol. The molecule has 2 aromatic rings. The van der Waals surface area contributed by atoms with Gasteiger partial charge >= 0.3 is 0 Å². The lowest BCUT2D eigenvalue weighted by Gasteiger charge is -2.02. The van der Waals surface area contributed by atoms with Crippen LogP contribution in [-0.2, 0) is 6.54 Å². The van der Waals surface area contributed by atoms with Gasteiger partial charge in [0.05, 0.1) is 0 Å². The van der Waals surface area contributed by atoms with E-state index >= 15 is 0 Å². The molecule has 0 bridgehead atoms. The van der Waals surface area contributed by atoms with Crippen molar-refractivity contribution in [1.29, 1.82) is 0 Å². The fraction of sp³-hybridized carbons (Fsp3) is 0.385. The number of ether oxygens (including phenoxy) is 1. The van der Waals surface area contributed by atoms with E-state index in [0.717, 1.165) is 18.0 Å². The maximum absolute atomic E-state index is 13.1. The van der Waals surface area contributed by atoms with Crippen molar-refractivity contribution in [3.63, 3.8) is 0 Å². The molecule has 6 heteroatoms. The van der Waals surface area contributed by atoms with Gasteiger partial charge in [-0.15, -0.1) is 5.10 Å². The summed E-state index contributed by atoms with van der Waals surface area (Å²) in [5.74, 6) is 0.331. The summed E-state index contributed by atoms with van der Waals surface area (Å²) in [7, 11) is 0. The summed E-state index contributed by atoms with van der Waals surface area (Å²) in [5, 5.41) is 12.6. The van der Waals surface area contributed by atoms with Crippen LogP contribution in [0.5, 0.6) is 10.9 Å². The minimum absolute atomic E-state index is 0.242. The highest BCUT2D eigenvalue weighted by Gasteiger charge is 2.07. The number of benzene rings is 1. The van der Waals surface area contributed by atoms with Crippen molar-refractivity contribution in [2.75, 3.05) is 6.54 Å². The maximum atomic E-state index is 13.1. The molecule has 0 fully saturated rings. The number of hydrogen-bond donors (Lipinski definition) is 1. The van der Waals surface area contributed by atoms with E-state index in [1.807, 2.05) is 0 Å². The van der Waals surface area contributed by atoms with Gasteiger partial charge in [-0.3, -0.25) is 0 Å². The van der Waals surface area contributed by atoms with Crippen molar-refractivity contribution in [3.05, 3.63) is 34.6 Å². The van der Waals surface area contributed by atoms with Crippen LogP contribution >= 0.6 is 11.3 Å². The smallest absolute Gasteiger partial charge is 0.299 e. The van der Waals surface area contributed by atoms with Gasteiger partial charge in [0.15, 0.2) is 0 Å². The van der Waals surface area contributed by atoms with Crippen molar-refractivity contribution in [2.24, 2.45) is 0 Å². The SMILES string of the molecule is CCCNCc1nnc(Oc2ccc(F)c(C)c2)s1. The Labute approximate surface area is 115 Å². The Kier molecular flexibility index (Phi) is 4.81. The van der Waals surface area contributed by atoms with Gasteiger partial charge in [-0.1, -0.05) is 23.4 Å². The molecular weight excluding hydrogens is 265 g/mol. The van der Waals surface area contributed by atoms with Crippen molar-refractivity contribution in [3.8, 4) is 10.9 Å². The Hall–Kier alpha value is -1.53. The summed E-state index contributed by atoms with van der Waals surface area (Å²) in [6, 6.07) is 4.61. The normalized spacial score (nSPS) is 10.7. The Balaban J connectivity index is 1.97. The third kappa shape index (κ3) is 3.97. The van der Waals surface area contributed by atoms with E-state index in [1.54, 1.807) is 19.1 Å². The zero-order chi connectivity index (χ0) is 13.7. The third-order valence-corrected chi connectivity index (χ3v) is 3.29. The predicted octanol–water partition coefficient (Wildman–Crippen LogP) is 3.28. The maximum Gasteiger partial charge on any atom is 0.299 e. The van der Waals surface area contributed by atoms with Gasteiger partial charge in [-0.25, -0.2) is 4.39 Å². The van der Waals surface area contributed by atoms with Crippen LogP contribution in [0.2, 0.25) is 0 Å². The summed E-state index contributed by atoms with van der Waals surface area (Å²) in [6.45, 7) is 5.45. The predicted molar refractivity (Wildman–Crippen MR) is 73.1 cm³/mol. The number of nitrogens with one attached hydrogen (secondary N) is 1. The zero-order valence-corrected chi connectivity index (χ0v) is 11.8. The molecule has 0 amide bonds. The molecule has 0 saturated carbocycles. The molecule has 0 saturated heterocycles. The molecule has 1 heterocycles. The van der Waals surface area contributed by atoms with Crippen LogP contribution in [-0.4, -0.2) is 16.7 Å². The molecule has 0 radical (unpaired) electrons. The van der Waals surface area contributed by atoms with Crippen LogP contribution in [0.15, 0.2) is 18.2 Å². The second-order valence-electron chi connectivity index (χ2n) is 4.15. The minimum Gasteiger partial charge on any atom is -0.430 e. The Bertz CT molecular complexity index is 544. The molecule has 0 atom stereocenters. The van der Waals surface area contributed by atoms with Crippen LogP contribution in [0.4, 0.5) is 4.39 Å². The molecule has 1 aromatic carbocycles. The standard InChI is InChI=1S/C13H16FN3OS/c1-3-6-15-8-12-16-17-13(19-12)18-10-4-5-11(14)9(2)7-10/h4-5,7,15H,3,6,8H2,1-2H3. The second kappa shape index (κ2) is 6.58. The topological polar surface area (TPSA) is 47.0 Å². The first-order valence-electron chi connectivity index (χ1n) is 6.16. The van der Waals surface area contributed by atoms with Crippen molar-refractivity contribution >= 4 is 11.3 Å². The van der Waals surface area contributed by atoms with E-state index in [2.05, 4.69) is 22.4 Å². The lowest BCUT2D eigenvalue weighted by molar-refractivity contribution is 0.470. The Morgan fingerprint density at radius 2 is 2.21 bits per heavy atom. The lowest BCUT2D eigenvalue weighted by Crippen LogP contribution is -2.13. The van der Waals surface area contributed by atoms with E-state index < -0.39 is 0 Å². The fourth-order valence-corrected chi connectivity index (χ4v) is 2.18. The first-order chi connectivity index (χ1) is 9.19. The molecule has 4 nitrogen and oxygen atoms in total. The first kappa shape index (κ1) is 13.9. The summed E-state index contributed by atoms with van der Waals surface area (Å²) < 4.78 is 18.7. The fourth-order valence-electron chi connectivity index (χ4n) is 1.50. The van der Waals surface area contributed by atoms with Crippen molar-refractivity contribution < 1.29 is 9.13 Å². The van der Waals surface area contributed by atoms with E-state index in [-0.39, 0.29) is 5.82 Å². The molecule has 19 heavy (non-hydrogen) atoms. The molecule has 0 spiro atoms. The van der Waals surface area contributed by atoms with Crippen molar-refractivity contribution in [1.82, 2.24) is 15.5 Å². The summed E-state index contributed by atoms with van der Waals surface area (Å²) in [5.41, 5.74) is 0.548. The van der Waals surface area contributed by atoms with Gasteiger partial charge in [-0.05, 0) is 43.7 Å². The molecule has 102 valence electrons. The molecule has 0 aliphatic rings. The van der Waals surface area contributed by atoms with E-state index in [0.29, 0.717) is 23.1 Å². The molecule has 2 rings (SSSR count). The minimum atomic E-state index is -0.242. The highest BCUT2D eigenvalue weighted by Crippen LogP contribution is 2.26. The number of nitrogens with zero attached hydrogens (tertiary/aromatic N) is 2. The quantitative estimate of drug-likeness (QED) is 0.825. The highest BCUT2D eigenvalue weighted by atomic mass is 32.1. The van der Waals surface area contributed by atoms with Crippen molar-refractivity contribution in [2.45, 2.75) is 26.8 Å². The molecule has 0 aliphatic carbocycles. The van der Waals surface area contributed by atoms with Crippen LogP contribution in [0.25, 0.3) is 0 Å². The van der Waals surface area contributed by atoms with Gasteiger partial charge in [0.1, 0.15) is 16.6 Å². The molecule has 1 N–H and O–H groups in total. The summed E-state index contributed by atoms with van der Waals surface area (Å²) >= 11 is 1.39. The number of hydrogen-bond acceptors (Lipinski definition) is 5. The Morgan fingerprint density at radius 3 is 2.95 bits per heavy atom. The highest BCUT2D eigenvalue weighted by molar-refractivity contribution is 7.13. The van der Waals surface area contributed by atoms with Crippen LogP contribution in [0, 0.1) is 12.7 Å². The third-order valence-electron chi connectivity index (χ3n) is 2.49. The molecule has 0 aliphatic heterocycles.